The maximum atomic E-state index is 12.4. The second-order valence-corrected chi connectivity index (χ2v) is 6.93. The molecule has 1 atom stereocenters. The van der Waals surface area contributed by atoms with Crippen LogP contribution < -0.4 is 0 Å². The molecule has 8 heteroatoms. The summed E-state index contributed by atoms with van der Waals surface area (Å²) in [7, 11) is 3.87. The van der Waals surface area contributed by atoms with Crippen LogP contribution in [0, 0.1) is 0 Å². The van der Waals surface area contributed by atoms with Gasteiger partial charge in [0, 0.05) is 12.1 Å². The molecule has 0 radical (unpaired) electrons. The lowest BCUT2D eigenvalue weighted by molar-refractivity contribution is -0.135. The second-order valence-electron chi connectivity index (χ2n) is 6.93. The second kappa shape index (κ2) is 9.82. The van der Waals surface area contributed by atoms with E-state index in [0.29, 0.717) is 34.6 Å². The first-order valence-corrected chi connectivity index (χ1v) is 9.67. The van der Waals surface area contributed by atoms with Crippen molar-refractivity contribution in [2.45, 2.75) is 12.3 Å². The number of nitrogens with zero attached hydrogens (tertiary/aromatic N) is 2. The minimum Gasteiger partial charge on any atom is -0.465 e. The van der Waals surface area contributed by atoms with E-state index in [1.165, 1.54) is 45.7 Å². The standard InChI is InChI=1S/C24H22N2O6/c1-14-6-5-7-15(22(27)30-2)10-18(14)19-12-17(24(29)32-4)13-21(26-19)20-11-16(8-9-25-20)23(28)31-3/h5,7-13,18H,1,6H2,2-4H3. The summed E-state index contributed by atoms with van der Waals surface area (Å²) in [6, 6.07) is 6.16. The number of esters is 3. The molecule has 0 bridgehead atoms. The number of pyridine rings is 2. The van der Waals surface area contributed by atoms with Gasteiger partial charge in [-0.25, -0.2) is 14.4 Å². The molecule has 1 aliphatic carbocycles. The highest BCUT2D eigenvalue weighted by Gasteiger charge is 2.23. The topological polar surface area (TPSA) is 105 Å². The number of aromatic nitrogens is 2. The van der Waals surface area contributed by atoms with E-state index >= 15 is 0 Å². The fraction of sp³-hybridized carbons (Fsp3) is 0.208. The zero-order valence-corrected chi connectivity index (χ0v) is 18.0. The molecule has 32 heavy (non-hydrogen) atoms. The van der Waals surface area contributed by atoms with Gasteiger partial charge in [0.2, 0.25) is 0 Å². The van der Waals surface area contributed by atoms with Gasteiger partial charge in [0.1, 0.15) is 0 Å². The predicted molar refractivity (Wildman–Crippen MR) is 116 cm³/mol. The van der Waals surface area contributed by atoms with Gasteiger partial charge in [0.05, 0.1) is 55.1 Å². The Morgan fingerprint density at radius 1 is 0.938 bits per heavy atom. The van der Waals surface area contributed by atoms with E-state index in [0.717, 1.165) is 5.57 Å². The van der Waals surface area contributed by atoms with Crippen molar-refractivity contribution in [3.8, 4) is 11.4 Å². The van der Waals surface area contributed by atoms with Gasteiger partial charge < -0.3 is 14.2 Å². The SMILES string of the molecule is C=C1CC=CC(C(=O)OC)=CC1c1cc(C(=O)OC)cc(-c2cc(C(=O)OC)ccn2)n1. The fourth-order valence-electron chi connectivity index (χ4n) is 3.26. The van der Waals surface area contributed by atoms with Gasteiger partial charge in [0.25, 0.3) is 0 Å². The summed E-state index contributed by atoms with van der Waals surface area (Å²) in [4.78, 5) is 45.4. The molecule has 1 unspecified atom stereocenters. The first-order valence-electron chi connectivity index (χ1n) is 9.67. The Kier molecular flexibility index (Phi) is 6.94. The average Bonchev–Trinajstić information content (AvgIpc) is 3.03. The Balaban J connectivity index is 2.17. The van der Waals surface area contributed by atoms with Gasteiger partial charge >= 0.3 is 17.9 Å². The van der Waals surface area contributed by atoms with Crippen molar-refractivity contribution in [2.75, 3.05) is 21.3 Å². The molecule has 0 saturated heterocycles. The number of allylic oxidation sites excluding steroid dienone is 3. The van der Waals surface area contributed by atoms with Gasteiger partial charge in [0.15, 0.2) is 0 Å². The van der Waals surface area contributed by atoms with E-state index in [1.807, 2.05) is 6.08 Å². The first kappa shape index (κ1) is 22.6. The van der Waals surface area contributed by atoms with Crippen LogP contribution >= 0.6 is 0 Å². The van der Waals surface area contributed by atoms with Crippen LogP contribution in [0.3, 0.4) is 0 Å². The molecular weight excluding hydrogens is 412 g/mol. The van der Waals surface area contributed by atoms with E-state index in [-0.39, 0.29) is 5.56 Å². The lowest BCUT2D eigenvalue weighted by atomic mass is 9.92. The van der Waals surface area contributed by atoms with E-state index in [2.05, 4.69) is 16.5 Å². The summed E-state index contributed by atoms with van der Waals surface area (Å²) in [6.45, 7) is 4.12. The fourth-order valence-corrected chi connectivity index (χ4v) is 3.26. The molecule has 0 fully saturated rings. The van der Waals surface area contributed by atoms with Gasteiger partial charge in [-0.2, -0.15) is 0 Å². The van der Waals surface area contributed by atoms with Gasteiger partial charge in [-0.15, -0.1) is 0 Å². The number of ether oxygens (including phenoxy) is 3. The molecule has 0 amide bonds. The summed E-state index contributed by atoms with van der Waals surface area (Å²) in [5.41, 5.74) is 2.87. The van der Waals surface area contributed by atoms with E-state index in [1.54, 1.807) is 18.2 Å². The number of rotatable bonds is 5. The number of carbonyl (C=O) groups excluding carboxylic acids is 3. The van der Waals surface area contributed by atoms with Crippen LogP contribution in [0.15, 0.2) is 66.4 Å². The molecule has 0 aliphatic heterocycles. The van der Waals surface area contributed by atoms with Crippen LogP contribution in [0.25, 0.3) is 11.4 Å². The quantitative estimate of drug-likeness (QED) is 0.401. The Bertz CT molecular complexity index is 1150. The van der Waals surface area contributed by atoms with E-state index in [9.17, 15) is 14.4 Å². The maximum absolute atomic E-state index is 12.4. The van der Waals surface area contributed by atoms with Crippen LogP contribution in [0.1, 0.15) is 38.7 Å². The zero-order chi connectivity index (χ0) is 23.3. The van der Waals surface area contributed by atoms with Crippen molar-refractivity contribution in [3.05, 3.63) is 83.2 Å². The van der Waals surface area contributed by atoms with Gasteiger partial charge in [-0.1, -0.05) is 30.4 Å². The largest absolute Gasteiger partial charge is 0.465 e. The van der Waals surface area contributed by atoms with Crippen LogP contribution in [0.4, 0.5) is 0 Å². The summed E-state index contributed by atoms with van der Waals surface area (Å²) < 4.78 is 14.5. The predicted octanol–water partition coefficient (Wildman–Crippen LogP) is 3.42. The van der Waals surface area contributed by atoms with Crippen molar-refractivity contribution in [3.63, 3.8) is 0 Å². The highest BCUT2D eigenvalue weighted by atomic mass is 16.5. The number of hydrogen-bond donors (Lipinski definition) is 0. The minimum absolute atomic E-state index is 0.246. The summed E-state index contributed by atoms with van der Waals surface area (Å²) in [5.74, 6) is -2.04. The molecule has 0 saturated carbocycles. The molecule has 164 valence electrons. The number of hydrogen-bond acceptors (Lipinski definition) is 8. The van der Waals surface area contributed by atoms with Crippen molar-refractivity contribution >= 4 is 17.9 Å². The molecule has 8 nitrogen and oxygen atoms in total. The van der Waals surface area contributed by atoms with Crippen molar-refractivity contribution in [1.29, 1.82) is 0 Å². The molecule has 2 aromatic heterocycles. The Labute approximate surface area is 185 Å². The Morgan fingerprint density at radius 2 is 1.59 bits per heavy atom. The molecule has 0 N–H and O–H groups in total. The third kappa shape index (κ3) is 4.80. The minimum atomic E-state index is -0.562. The van der Waals surface area contributed by atoms with Crippen molar-refractivity contribution in [2.24, 2.45) is 0 Å². The van der Waals surface area contributed by atoms with Crippen LogP contribution in [0.5, 0.6) is 0 Å². The molecule has 1 aliphatic rings. The molecule has 2 heterocycles. The van der Waals surface area contributed by atoms with Crippen LogP contribution in [-0.4, -0.2) is 49.2 Å². The first-order chi connectivity index (χ1) is 15.4. The van der Waals surface area contributed by atoms with Crippen molar-refractivity contribution in [1.82, 2.24) is 9.97 Å². The lowest BCUT2D eigenvalue weighted by Gasteiger charge is -2.16. The highest BCUT2D eigenvalue weighted by Crippen LogP contribution is 2.32. The molecule has 3 rings (SSSR count). The third-order valence-electron chi connectivity index (χ3n) is 4.91. The van der Waals surface area contributed by atoms with E-state index < -0.39 is 23.8 Å². The number of methoxy groups -OCH3 is 3. The summed E-state index contributed by atoms with van der Waals surface area (Å²) >= 11 is 0. The zero-order valence-electron chi connectivity index (χ0n) is 18.0. The Morgan fingerprint density at radius 3 is 2.28 bits per heavy atom. The lowest BCUT2D eigenvalue weighted by Crippen LogP contribution is -2.10. The van der Waals surface area contributed by atoms with E-state index in [4.69, 9.17) is 14.2 Å². The van der Waals surface area contributed by atoms with Gasteiger partial charge in [-0.05, 0) is 30.7 Å². The normalized spacial score (nSPS) is 15.4. The van der Waals surface area contributed by atoms with Crippen LogP contribution in [-0.2, 0) is 19.0 Å². The smallest absolute Gasteiger partial charge is 0.337 e. The van der Waals surface area contributed by atoms with Crippen LogP contribution in [0.2, 0.25) is 0 Å². The third-order valence-corrected chi connectivity index (χ3v) is 4.91. The molecule has 2 aromatic rings. The Hall–Kier alpha value is -4.07. The summed E-state index contributed by atoms with van der Waals surface area (Å²) in [5, 5.41) is 0. The monoisotopic (exact) mass is 434 g/mol. The molecular formula is C24H22N2O6. The van der Waals surface area contributed by atoms with Gasteiger partial charge in [-0.3, -0.25) is 9.97 Å². The summed E-state index contributed by atoms with van der Waals surface area (Å²) in [6.07, 6.45) is 7.15. The molecule has 0 aromatic carbocycles. The van der Waals surface area contributed by atoms with Crippen molar-refractivity contribution < 1.29 is 28.6 Å². The number of carbonyl (C=O) groups is 3. The highest BCUT2D eigenvalue weighted by molar-refractivity contribution is 5.93. The molecule has 0 spiro atoms. The maximum Gasteiger partial charge on any atom is 0.337 e. The average molecular weight is 434 g/mol.